The lowest BCUT2D eigenvalue weighted by Gasteiger charge is -2.45. The maximum absolute atomic E-state index is 14.0. The molecule has 0 aliphatic carbocycles. The van der Waals surface area contributed by atoms with E-state index in [9.17, 15) is 14.4 Å². The molecule has 0 aromatic heterocycles. The van der Waals surface area contributed by atoms with Gasteiger partial charge in [-0.1, -0.05) is 43.0 Å². The van der Waals surface area contributed by atoms with Crippen LogP contribution < -0.4 is 14.5 Å². The van der Waals surface area contributed by atoms with Crippen molar-refractivity contribution in [1.29, 1.82) is 0 Å². The lowest BCUT2D eigenvalue weighted by atomic mass is 10.0. The van der Waals surface area contributed by atoms with Gasteiger partial charge < -0.3 is 9.64 Å². The van der Waals surface area contributed by atoms with Crippen molar-refractivity contribution in [2.45, 2.75) is 9.79 Å². The van der Waals surface area contributed by atoms with E-state index in [1.54, 1.807) is 24.3 Å². The number of imide groups is 1. The highest BCUT2D eigenvalue weighted by molar-refractivity contribution is 8.33. The minimum absolute atomic E-state index is 0.216. The Morgan fingerprint density at radius 3 is 2.03 bits per heavy atom. The molecular weight excluding hydrogens is 496 g/mol. The number of para-hydroxylation sites is 2. The average Bonchev–Trinajstić information content (AvgIpc) is 3.19. The number of benzene rings is 4. The number of ether oxygens (including phenoxy) is 1. The molecule has 2 heterocycles. The van der Waals surface area contributed by atoms with Crippen molar-refractivity contribution in [3.63, 3.8) is 0 Å². The van der Waals surface area contributed by atoms with Crippen LogP contribution in [0.25, 0.3) is 0 Å². The molecule has 38 heavy (non-hydrogen) atoms. The average molecular weight is 521 g/mol. The fourth-order valence-electron chi connectivity index (χ4n) is 5.19. The second kappa shape index (κ2) is 8.75. The van der Waals surface area contributed by atoms with E-state index in [1.807, 2.05) is 36.4 Å². The first kappa shape index (κ1) is 23.8. The van der Waals surface area contributed by atoms with Crippen LogP contribution in [0.2, 0.25) is 0 Å². The zero-order valence-corrected chi connectivity index (χ0v) is 21.7. The predicted octanol–water partition coefficient (Wildman–Crippen LogP) is 6.84. The number of carbonyl (C=O) groups excluding carboxylic acids is 3. The van der Waals surface area contributed by atoms with E-state index in [1.165, 1.54) is 15.9 Å². The smallest absolute Gasteiger partial charge is 0.335 e. The monoisotopic (exact) mass is 520 g/mol. The van der Waals surface area contributed by atoms with E-state index >= 15 is 0 Å². The standard InChI is InChI=1S/C31H24N2O4S/c1-4-28(34)37-21-12-9-11-20(19-21)32-30(35)22-13-10-16-25(29(22)31(32)36)33-23-14-5-7-17-26(23)38(2,3)27-18-8-6-15-24(27)33/h4-19H,1H2,2-3H3. The third kappa shape index (κ3) is 3.47. The van der Waals surface area contributed by atoms with Crippen molar-refractivity contribution in [2.75, 3.05) is 22.3 Å². The number of nitrogens with zero attached hydrogens (tertiary/aromatic N) is 2. The van der Waals surface area contributed by atoms with E-state index in [4.69, 9.17) is 4.74 Å². The summed E-state index contributed by atoms with van der Waals surface area (Å²) in [4.78, 5) is 44.9. The molecule has 0 saturated heterocycles. The third-order valence-electron chi connectivity index (χ3n) is 6.91. The summed E-state index contributed by atoms with van der Waals surface area (Å²) in [6.07, 6.45) is 5.61. The molecule has 2 aliphatic rings. The Hall–Kier alpha value is -4.62. The van der Waals surface area contributed by atoms with Gasteiger partial charge in [-0.3, -0.25) is 9.59 Å². The summed E-state index contributed by atoms with van der Waals surface area (Å²) >= 11 is 0. The fourth-order valence-corrected chi connectivity index (χ4v) is 7.63. The zero-order valence-electron chi connectivity index (χ0n) is 20.9. The molecule has 2 aliphatic heterocycles. The molecule has 4 aromatic rings. The molecule has 0 fully saturated rings. The van der Waals surface area contributed by atoms with Crippen molar-refractivity contribution in [3.05, 3.63) is 115 Å². The highest BCUT2D eigenvalue weighted by Crippen LogP contribution is 2.67. The van der Waals surface area contributed by atoms with E-state index in [0.29, 0.717) is 22.5 Å². The van der Waals surface area contributed by atoms with Gasteiger partial charge in [0.25, 0.3) is 11.8 Å². The molecule has 0 spiro atoms. The van der Waals surface area contributed by atoms with Gasteiger partial charge in [-0.25, -0.2) is 9.69 Å². The maximum Gasteiger partial charge on any atom is 0.335 e. The highest BCUT2D eigenvalue weighted by atomic mass is 32.3. The molecule has 6 rings (SSSR count). The normalized spacial score (nSPS) is 15.8. The lowest BCUT2D eigenvalue weighted by Crippen LogP contribution is -2.30. The summed E-state index contributed by atoms with van der Waals surface area (Å²) in [6, 6.07) is 28.2. The predicted molar refractivity (Wildman–Crippen MR) is 151 cm³/mol. The Morgan fingerprint density at radius 1 is 0.763 bits per heavy atom. The van der Waals surface area contributed by atoms with Gasteiger partial charge >= 0.3 is 5.97 Å². The molecule has 0 radical (unpaired) electrons. The number of hydrogen-bond donors (Lipinski definition) is 0. The number of fused-ring (bicyclic) bond motifs is 3. The Balaban J connectivity index is 1.51. The van der Waals surface area contributed by atoms with Crippen molar-refractivity contribution in [1.82, 2.24) is 0 Å². The first-order chi connectivity index (χ1) is 18.3. The molecule has 2 amide bonds. The van der Waals surface area contributed by atoms with Crippen molar-refractivity contribution in [2.24, 2.45) is 0 Å². The molecule has 0 bridgehead atoms. The number of esters is 1. The minimum Gasteiger partial charge on any atom is -0.423 e. The number of carbonyl (C=O) groups is 3. The molecule has 0 atom stereocenters. The summed E-state index contributed by atoms with van der Waals surface area (Å²) in [6.45, 7) is 3.41. The Labute approximate surface area is 222 Å². The van der Waals surface area contributed by atoms with Gasteiger partial charge in [-0.2, -0.15) is 10.0 Å². The topological polar surface area (TPSA) is 66.9 Å². The van der Waals surface area contributed by atoms with Crippen molar-refractivity contribution < 1.29 is 19.1 Å². The quantitative estimate of drug-likeness (QED) is 0.128. The van der Waals surface area contributed by atoms with Crippen molar-refractivity contribution >= 4 is 50.6 Å². The largest absolute Gasteiger partial charge is 0.423 e. The zero-order chi connectivity index (χ0) is 26.6. The van der Waals surface area contributed by atoms with Crippen LogP contribution in [0.5, 0.6) is 5.75 Å². The number of hydrogen-bond acceptors (Lipinski definition) is 5. The number of anilines is 4. The molecule has 6 nitrogen and oxygen atoms in total. The third-order valence-corrected chi connectivity index (χ3v) is 9.80. The summed E-state index contributed by atoms with van der Waals surface area (Å²) in [7, 11) is -1.30. The van der Waals surface area contributed by atoms with Crippen LogP contribution in [-0.4, -0.2) is 30.3 Å². The van der Waals surface area contributed by atoms with E-state index in [2.05, 4.69) is 48.3 Å². The molecular formula is C31H24N2O4S. The van der Waals surface area contributed by atoms with E-state index in [0.717, 1.165) is 22.4 Å². The van der Waals surface area contributed by atoms with Crippen molar-refractivity contribution in [3.8, 4) is 5.75 Å². The number of rotatable bonds is 4. The summed E-state index contributed by atoms with van der Waals surface area (Å²) < 4.78 is 5.22. The Morgan fingerprint density at radius 2 is 1.37 bits per heavy atom. The van der Waals surface area contributed by atoms with Crippen LogP contribution >= 0.6 is 10.0 Å². The minimum atomic E-state index is -1.30. The second-order valence-corrected chi connectivity index (χ2v) is 12.9. The van der Waals surface area contributed by atoms with Gasteiger partial charge in [0.2, 0.25) is 0 Å². The fraction of sp³-hybridized carbons (Fsp3) is 0.0645. The Kier molecular flexibility index (Phi) is 5.47. The SMILES string of the molecule is C=CC(=O)Oc1cccc(N2C(=O)c3cccc(N4c5ccccc5S(C)(C)c5ccccc54)c3C2=O)c1. The summed E-state index contributed by atoms with van der Waals surface area (Å²) in [5.74, 6) is -1.27. The van der Waals surface area contributed by atoms with E-state index in [-0.39, 0.29) is 5.75 Å². The first-order valence-electron chi connectivity index (χ1n) is 12.0. The van der Waals surface area contributed by atoms with Gasteiger partial charge in [0.05, 0.1) is 33.9 Å². The van der Waals surface area contributed by atoms with Crippen LogP contribution in [0, 0.1) is 0 Å². The van der Waals surface area contributed by atoms with Gasteiger partial charge in [-0.15, -0.1) is 0 Å². The molecule has 7 heteroatoms. The van der Waals surface area contributed by atoms with Crippen LogP contribution in [-0.2, 0) is 4.79 Å². The molecule has 0 saturated carbocycles. The summed E-state index contributed by atoms with van der Waals surface area (Å²) in [5, 5.41) is 0. The number of amides is 2. The van der Waals surface area contributed by atoms with Gasteiger partial charge in [0.1, 0.15) is 5.75 Å². The van der Waals surface area contributed by atoms with Crippen LogP contribution in [0.4, 0.5) is 22.7 Å². The van der Waals surface area contributed by atoms with Gasteiger partial charge in [0, 0.05) is 21.9 Å². The highest BCUT2D eigenvalue weighted by Gasteiger charge is 2.42. The van der Waals surface area contributed by atoms with Crippen LogP contribution in [0.1, 0.15) is 20.7 Å². The van der Waals surface area contributed by atoms with Crippen LogP contribution in [0.3, 0.4) is 0 Å². The van der Waals surface area contributed by atoms with Gasteiger partial charge in [0.15, 0.2) is 0 Å². The maximum atomic E-state index is 14.0. The molecule has 0 unspecified atom stereocenters. The molecule has 0 N–H and O–H groups in total. The van der Waals surface area contributed by atoms with Crippen LogP contribution in [0.15, 0.2) is 113 Å². The van der Waals surface area contributed by atoms with Gasteiger partial charge in [-0.05, 0) is 61.0 Å². The molecule has 188 valence electrons. The second-order valence-electron chi connectivity index (χ2n) is 9.37. The Bertz CT molecular complexity index is 1630. The molecule has 4 aromatic carbocycles. The summed E-state index contributed by atoms with van der Waals surface area (Å²) in [5.41, 5.74) is 3.63. The lowest BCUT2D eigenvalue weighted by molar-refractivity contribution is -0.128. The van der Waals surface area contributed by atoms with E-state index < -0.39 is 27.8 Å². The first-order valence-corrected chi connectivity index (χ1v) is 14.5.